The lowest BCUT2D eigenvalue weighted by Gasteiger charge is -2.34. The molecule has 6 nitrogen and oxygen atoms in total. The molecule has 0 bridgehead atoms. The molecule has 21 heavy (non-hydrogen) atoms. The third-order valence-electron chi connectivity index (χ3n) is 3.70. The van der Waals surface area contributed by atoms with Crippen LogP contribution in [0.3, 0.4) is 0 Å². The van der Waals surface area contributed by atoms with E-state index in [0.717, 1.165) is 12.1 Å². The number of aliphatic carboxylic acids is 1. The number of nitrogens with zero attached hydrogens (tertiary/aromatic N) is 2. The van der Waals surface area contributed by atoms with E-state index >= 15 is 0 Å². The van der Waals surface area contributed by atoms with Crippen LogP contribution in [-0.4, -0.2) is 34.0 Å². The highest BCUT2D eigenvalue weighted by Gasteiger charge is 2.29. The Labute approximate surface area is 127 Å². The van der Waals surface area contributed by atoms with Crippen molar-refractivity contribution in [2.24, 2.45) is 11.8 Å². The molecule has 2 atom stereocenters. The minimum Gasteiger partial charge on any atom is -0.481 e. The van der Waals surface area contributed by atoms with Gasteiger partial charge in [0, 0.05) is 25.7 Å². The zero-order valence-electron chi connectivity index (χ0n) is 11.7. The van der Waals surface area contributed by atoms with Gasteiger partial charge in [-0.05, 0) is 24.0 Å². The summed E-state index contributed by atoms with van der Waals surface area (Å²) in [5.41, 5.74) is 0.736. The number of carbonyl (C=O) groups is 1. The summed E-state index contributed by atoms with van der Waals surface area (Å²) in [4.78, 5) is 23.4. The molecule has 1 aliphatic heterocycles. The zero-order valence-corrected chi connectivity index (χ0v) is 12.4. The highest BCUT2D eigenvalue weighted by atomic mass is 35.5. The van der Waals surface area contributed by atoms with Gasteiger partial charge < -0.3 is 5.11 Å². The predicted octanol–water partition coefficient (Wildman–Crippen LogP) is 2.79. The highest BCUT2D eigenvalue weighted by molar-refractivity contribution is 6.32. The first-order valence-electron chi connectivity index (χ1n) is 6.74. The Morgan fingerprint density at radius 1 is 1.52 bits per heavy atom. The maximum Gasteiger partial charge on any atom is 0.307 e. The molecule has 7 heteroatoms. The van der Waals surface area contributed by atoms with E-state index in [1.807, 2.05) is 6.92 Å². The van der Waals surface area contributed by atoms with E-state index < -0.39 is 10.9 Å². The molecule has 1 N–H and O–H groups in total. The number of benzene rings is 1. The van der Waals surface area contributed by atoms with Gasteiger partial charge in [-0.1, -0.05) is 24.6 Å². The minimum absolute atomic E-state index is 0.109. The number of carboxylic acids is 1. The second-order valence-corrected chi connectivity index (χ2v) is 6.02. The van der Waals surface area contributed by atoms with Crippen molar-refractivity contribution in [3.63, 3.8) is 0 Å². The third kappa shape index (κ3) is 3.92. The van der Waals surface area contributed by atoms with Crippen molar-refractivity contribution in [3.05, 3.63) is 38.9 Å². The van der Waals surface area contributed by atoms with E-state index in [4.69, 9.17) is 16.7 Å². The molecule has 0 spiro atoms. The molecule has 1 aromatic rings. The minimum atomic E-state index is -0.770. The Balaban J connectivity index is 2.09. The van der Waals surface area contributed by atoms with E-state index in [-0.39, 0.29) is 16.6 Å². The van der Waals surface area contributed by atoms with Crippen LogP contribution in [0.2, 0.25) is 5.02 Å². The standard InChI is InChI=1S/C14H17ClN2O4/c1-9-4-11(14(18)19)8-16(6-9)7-10-2-3-13(17(20)21)12(15)5-10/h2-3,5,9,11H,4,6-8H2,1H3,(H,18,19). The number of nitro groups is 1. The summed E-state index contributed by atoms with van der Waals surface area (Å²) in [7, 11) is 0. The number of piperidine rings is 1. The number of hydrogen-bond acceptors (Lipinski definition) is 4. The van der Waals surface area contributed by atoms with E-state index in [1.54, 1.807) is 12.1 Å². The summed E-state index contributed by atoms with van der Waals surface area (Å²) in [6.45, 7) is 3.89. The Morgan fingerprint density at radius 3 is 2.81 bits per heavy atom. The molecule has 2 unspecified atom stereocenters. The summed E-state index contributed by atoms with van der Waals surface area (Å²) in [6, 6.07) is 4.63. The molecule has 1 aliphatic rings. The Kier molecular flexibility index (Phi) is 4.80. The summed E-state index contributed by atoms with van der Waals surface area (Å²) in [5, 5.41) is 20.0. The zero-order chi connectivity index (χ0) is 15.6. The average Bonchev–Trinajstić information content (AvgIpc) is 2.37. The second-order valence-electron chi connectivity index (χ2n) is 5.61. The molecule has 1 heterocycles. The van der Waals surface area contributed by atoms with Crippen molar-refractivity contribution >= 4 is 23.3 Å². The third-order valence-corrected chi connectivity index (χ3v) is 4.00. The maximum atomic E-state index is 11.1. The number of nitro benzene ring substituents is 1. The largest absolute Gasteiger partial charge is 0.481 e. The van der Waals surface area contributed by atoms with Crippen LogP contribution >= 0.6 is 11.6 Å². The summed E-state index contributed by atoms with van der Waals surface area (Å²) >= 11 is 5.90. The average molecular weight is 313 g/mol. The summed E-state index contributed by atoms with van der Waals surface area (Å²) in [5.74, 6) is -0.816. The fraction of sp³-hybridized carbons (Fsp3) is 0.500. The van der Waals surface area contributed by atoms with Crippen LogP contribution in [0.1, 0.15) is 18.9 Å². The number of likely N-dealkylation sites (tertiary alicyclic amines) is 1. The Morgan fingerprint density at radius 2 is 2.24 bits per heavy atom. The van der Waals surface area contributed by atoms with Gasteiger partial charge in [-0.3, -0.25) is 19.8 Å². The fourth-order valence-electron chi connectivity index (χ4n) is 2.82. The van der Waals surface area contributed by atoms with Gasteiger partial charge in [0.1, 0.15) is 5.02 Å². The first-order valence-corrected chi connectivity index (χ1v) is 7.12. The van der Waals surface area contributed by atoms with Crippen molar-refractivity contribution in [1.29, 1.82) is 0 Å². The van der Waals surface area contributed by atoms with Crippen LogP contribution in [0.5, 0.6) is 0 Å². The predicted molar refractivity (Wildman–Crippen MR) is 78.3 cm³/mol. The van der Waals surface area contributed by atoms with Crippen LogP contribution in [0.25, 0.3) is 0 Å². The molecule has 1 aromatic carbocycles. The van der Waals surface area contributed by atoms with Crippen molar-refractivity contribution in [3.8, 4) is 0 Å². The number of hydrogen-bond donors (Lipinski definition) is 1. The van der Waals surface area contributed by atoms with Crippen LogP contribution in [0.4, 0.5) is 5.69 Å². The van der Waals surface area contributed by atoms with E-state index in [0.29, 0.717) is 25.4 Å². The molecular weight excluding hydrogens is 296 g/mol. The molecule has 2 rings (SSSR count). The normalized spacial score (nSPS) is 23.0. The summed E-state index contributed by atoms with van der Waals surface area (Å²) < 4.78 is 0. The Bertz CT molecular complexity index is 564. The SMILES string of the molecule is CC1CC(C(=O)O)CN(Cc2ccc([N+](=O)[O-])c(Cl)c2)C1. The van der Waals surface area contributed by atoms with E-state index in [2.05, 4.69) is 4.90 Å². The van der Waals surface area contributed by atoms with Crippen molar-refractivity contribution in [1.82, 2.24) is 4.90 Å². The number of carboxylic acid groups (broad SMARTS) is 1. The highest BCUT2D eigenvalue weighted by Crippen LogP contribution is 2.27. The fourth-order valence-corrected chi connectivity index (χ4v) is 3.10. The van der Waals surface area contributed by atoms with Crippen molar-refractivity contribution < 1.29 is 14.8 Å². The maximum absolute atomic E-state index is 11.1. The van der Waals surface area contributed by atoms with Gasteiger partial charge in [0.25, 0.3) is 5.69 Å². The molecular formula is C14H17ClN2O4. The van der Waals surface area contributed by atoms with Gasteiger partial charge in [-0.2, -0.15) is 0 Å². The van der Waals surface area contributed by atoms with Crippen LogP contribution in [-0.2, 0) is 11.3 Å². The van der Waals surface area contributed by atoms with E-state index in [9.17, 15) is 14.9 Å². The molecule has 1 fully saturated rings. The van der Waals surface area contributed by atoms with Gasteiger partial charge in [0.2, 0.25) is 0 Å². The molecule has 114 valence electrons. The van der Waals surface area contributed by atoms with Gasteiger partial charge in [0.05, 0.1) is 10.8 Å². The first kappa shape index (κ1) is 15.7. The van der Waals surface area contributed by atoms with E-state index in [1.165, 1.54) is 6.07 Å². The molecule has 0 aromatic heterocycles. The molecule has 0 saturated carbocycles. The van der Waals surface area contributed by atoms with Crippen LogP contribution < -0.4 is 0 Å². The first-order chi connectivity index (χ1) is 9.86. The topological polar surface area (TPSA) is 83.7 Å². The van der Waals surface area contributed by atoms with Crippen LogP contribution in [0.15, 0.2) is 18.2 Å². The molecule has 0 amide bonds. The monoisotopic (exact) mass is 312 g/mol. The van der Waals surface area contributed by atoms with Gasteiger partial charge >= 0.3 is 5.97 Å². The van der Waals surface area contributed by atoms with Gasteiger partial charge in [-0.15, -0.1) is 0 Å². The van der Waals surface area contributed by atoms with Gasteiger partial charge in [-0.25, -0.2) is 0 Å². The van der Waals surface area contributed by atoms with Crippen molar-refractivity contribution in [2.75, 3.05) is 13.1 Å². The number of halogens is 1. The van der Waals surface area contributed by atoms with Crippen LogP contribution in [0, 0.1) is 22.0 Å². The van der Waals surface area contributed by atoms with Gasteiger partial charge in [0.15, 0.2) is 0 Å². The smallest absolute Gasteiger partial charge is 0.307 e. The number of rotatable bonds is 4. The molecule has 1 saturated heterocycles. The quantitative estimate of drug-likeness (QED) is 0.682. The van der Waals surface area contributed by atoms with Crippen molar-refractivity contribution in [2.45, 2.75) is 19.9 Å². The lowest BCUT2D eigenvalue weighted by Crippen LogP contribution is -2.41. The molecule has 0 radical (unpaired) electrons. The Hall–Kier alpha value is -1.66. The molecule has 0 aliphatic carbocycles. The second kappa shape index (κ2) is 6.41. The summed E-state index contributed by atoms with van der Waals surface area (Å²) in [6.07, 6.45) is 0.687. The lowest BCUT2D eigenvalue weighted by atomic mass is 9.90. The lowest BCUT2D eigenvalue weighted by molar-refractivity contribution is -0.384.